The van der Waals surface area contributed by atoms with E-state index in [1.807, 2.05) is 4.90 Å². The third-order valence-corrected chi connectivity index (χ3v) is 4.86. The number of ether oxygens (including phenoxy) is 1. The third kappa shape index (κ3) is 5.87. The summed E-state index contributed by atoms with van der Waals surface area (Å²) < 4.78 is 37.8. The van der Waals surface area contributed by atoms with Gasteiger partial charge < -0.3 is 20.1 Å². The van der Waals surface area contributed by atoms with Gasteiger partial charge >= 0.3 is 12.1 Å². The van der Waals surface area contributed by atoms with Crippen molar-refractivity contribution in [2.24, 2.45) is 0 Å². The number of anilines is 1. The second-order valence-electron chi connectivity index (χ2n) is 7.13. The van der Waals surface area contributed by atoms with Crippen LogP contribution in [0.4, 0.5) is 19.1 Å². The lowest BCUT2D eigenvalue weighted by atomic mass is 9.97. The van der Waals surface area contributed by atoms with E-state index >= 15 is 0 Å². The van der Waals surface area contributed by atoms with E-state index in [2.05, 4.69) is 20.3 Å². The van der Waals surface area contributed by atoms with E-state index in [1.54, 1.807) is 43.0 Å². The van der Waals surface area contributed by atoms with Crippen LogP contribution in [0.2, 0.25) is 0 Å². The largest absolute Gasteiger partial charge is 0.490 e. The lowest BCUT2D eigenvalue weighted by Gasteiger charge is -2.23. The molecule has 2 fully saturated rings. The van der Waals surface area contributed by atoms with Crippen LogP contribution in [-0.4, -0.2) is 74.4 Å². The maximum Gasteiger partial charge on any atom is 0.490 e. The first kappa shape index (κ1) is 22.4. The number of aromatic nitrogens is 3. The fourth-order valence-corrected chi connectivity index (χ4v) is 3.47. The first-order valence-electron chi connectivity index (χ1n) is 9.35. The van der Waals surface area contributed by atoms with E-state index in [-0.39, 0.29) is 17.6 Å². The van der Waals surface area contributed by atoms with Gasteiger partial charge in [-0.1, -0.05) is 0 Å². The molecular formula is C19H20F3N5O4. The molecule has 166 valence electrons. The Balaban J connectivity index is 0.000000339. The van der Waals surface area contributed by atoms with Crippen LogP contribution in [0.1, 0.15) is 23.2 Å². The molecule has 0 aliphatic carbocycles. The predicted octanol–water partition coefficient (Wildman–Crippen LogP) is 1.99. The van der Waals surface area contributed by atoms with Crippen LogP contribution in [0, 0.1) is 0 Å². The van der Waals surface area contributed by atoms with Gasteiger partial charge in [-0.3, -0.25) is 9.78 Å². The first-order chi connectivity index (χ1) is 14.7. The summed E-state index contributed by atoms with van der Waals surface area (Å²) in [5.41, 5.74) is 0.365. The molecule has 0 bridgehead atoms. The van der Waals surface area contributed by atoms with Gasteiger partial charge in [-0.05, 0) is 24.6 Å². The van der Waals surface area contributed by atoms with Crippen LogP contribution in [-0.2, 0) is 9.53 Å². The van der Waals surface area contributed by atoms with Crippen LogP contribution >= 0.6 is 0 Å². The Morgan fingerprint density at radius 3 is 2.55 bits per heavy atom. The molecule has 2 unspecified atom stereocenters. The molecule has 0 aromatic carbocycles. The Kier molecular flexibility index (Phi) is 6.68. The highest BCUT2D eigenvalue weighted by Crippen LogP contribution is 2.36. The fourth-order valence-electron chi connectivity index (χ4n) is 3.47. The Morgan fingerprint density at radius 2 is 1.94 bits per heavy atom. The zero-order chi connectivity index (χ0) is 22.5. The van der Waals surface area contributed by atoms with Gasteiger partial charge in [0.1, 0.15) is 0 Å². The van der Waals surface area contributed by atoms with Gasteiger partial charge in [-0.25, -0.2) is 14.8 Å². The third-order valence-electron chi connectivity index (χ3n) is 4.86. The minimum absolute atomic E-state index is 0.0198. The molecule has 2 aromatic rings. The number of halogens is 3. The summed E-state index contributed by atoms with van der Waals surface area (Å²) in [6.45, 7) is 1.93. The number of hydrogen-bond acceptors (Lipinski definition) is 7. The number of rotatable bonds is 3. The minimum atomic E-state index is -5.08. The molecule has 2 aliphatic heterocycles. The number of carboxylic acids is 1. The van der Waals surface area contributed by atoms with Gasteiger partial charge in [0.2, 0.25) is 5.95 Å². The molecule has 31 heavy (non-hydrogen) atoms. The number of carboxylic acid groups (broad SMARTS) is 1. The van der Waals surface area contributed by atoms with Crippen molar-refractivity contribution in [3.63, 3.8) is 0 Å². The Hall–Kier alpha value is -3.28. The number of nitrogens with one attached hydrogen (secondary N) is 1. The summed E-state index contributed by atoms with van der Waals surface area (Å²) in [4.78, 5) is 35.7. The van der Waals surface area contributed by atoms with Crippen molar-refractivity contribution in [2.75, 3.05) is 25.0 Å². The molecule has 9 nitrogen and oxygen atoms in total. The van der Waals surface area contributed by atoms with Gasteiger partial charge in [-0.2, -0.15) is 13.2 Å². The quantitative estimate of drug-likeness (QED) is 0.746. The minimum Gasteiger partial charge on any atom is -0.475 e. The van der Waals surface area contributed by atoms with Crippen molar-refractivity contribution in [1.82, 2.24) is 19.9 Å². The van der Waals surface area contributed by atoms with E-state index in [9.17, 15) is 18.0 Å². The topological polar surface area (TPSA) is 118 Å². The molecule has 2 aliphatic rings. The number of carbonyl (C=O) groups excluding carboxylic acids is 1. The van der Waals surface area contributed by atoms with E-state index in [1.165, 1.54) is 0 Å². The molecule has 2 saturated heterocycles. The Labute approximate surface area is 175 Å². The Morgan fingerprint density at radius 1 is 1.23 bits per heavy atom. The van der Waals surface area contributed by atoms with Crippen molar-refractivity contribution >= 4 is 17.8 Å². The van der Waals surface area contributed by atoms with E-state index in [0.29, 0.717) is 31.2 Å². The maximum absolute atomic E-state index is 12.6. The number of alkyl halides is 3. The predicted molar refractivity (Wildman–Crippen MR) is 101 cm³/mol. The molecule has 0 radical (unpaired) electrons. The van der Waals surface area contributed by atoms with Crippen molar-refractivity contribution in [2.45, 2.75) is 30.7 Å². The maximum atomic E-state index is 12.6. The van der Waals surface area contributed by atoms with Gasteiger partial charge in [0.25, 0.3) is 5.91 Å². The molecule has 2 atom stereocenters. The molecule has 4 rings (SSSR count). The highest BCUT2D eigenvalue weighted by atomic mass is 19.4. The summed E-state index contributed by atoms with van der Waals surface area (Å²) in [6.07, 6.45) is 3.33. The lowest BCUT2D eigenvalue weighted by molar-refractivity contribution is -0.192. The Bertz CT molecular complexity index is 900. The summed E-state index contributed by atoms with van der Waals surface area (Å²) in [5, 5.41) is 10.4. The van der Waals surface area contributed by atoms with Gasteiger partial charge in [0.15, 0.2) is 0 Å². The van der Waals surface area contributed by atoms with E-state index < -0.39 is 12.1 Å². The molecule has 12 heteroatoms. The van der Waals surface area contributed by atoms with Crippen LogP contribution < -0.4 is 5.32 Å². The number of amides is 1. The standard InChI is InChI=1S/C17H19N5O2.C2HF3O2/c23-15(13-3-1-5-18-10-13)22-8-4-17(12-22)9-14(11-24-17)21-16-19-6-2-7-20-16;3-2(4,5)1(6)7/h1-3,5-7,10,14H,4,8-9,11-12H2,(H,19,20,21);(H,6,7). The second-order valence-corrected chi connectivity index (χ2v) is 7.13. The highest BCUT2D eigenvalue weighted by Gasteiger charge is 2.47. The number of hydrogen-bond donors (Lipinski definition) is 2. The summed E-state index contributed by atoms with van der Waals surface area (Å²) in [7, 11) is 0. The molecule has 2 aromatic heterocycles. The molecule has 0 saturated carbocycles. The van der Waals surface area contributed by atoms with Crippen LogP contribution in [0.5, 0.6) is 0 Å². The number of likely N-dealkylation sites (tertiary alicyclic amines) is 1. The average Bonchev–Trinajstić information content (AvgIpc) is 3.35. The monoisotopic (exact) mass is 439 g/mol. The molecule has 1 spiro atoms. The summed E-state index contributed by atoms with van der Waals surface area (Å²) in [5.74, 6) is -2.12. The van der Waals surface area contributed by atoms with Gasteiger partial charge in [0.05, 0.1) is 30.4 Å². The lowest BCUT2D eigenvalue weighted by Crippen LogP contribution is -2.36. The van der Waals surface area contributed by atoms with Crippen molar-refractivity contribution < 1.29 is 32.6 Å². The van der Waals surface area contributed by atoms with Crippen molar-refractivity contribution in [1.29, 1.82) is 0 Å². The SMILES string of the molecule is O=C(O)C(F)(F)F.O=C(c1cccnc1)N1CCC2(CC(Nc3ncccn3)CO2)C1. The number of aliphatic carboxylic acids is 1. The summed E-state index contributed by atoms with van der Waals surface area (Å²) >= 11 is 0. The highest BCUT2D eigenvalue weighted by molar-refractivity contribution is 5.94. The second kappa shape index (κ2) is 9.25. The van der Waals surface area contributed by atoms with Crippen LogP contribution in [0.25, 0.3) is 0 Å². The van der Waals surface area contributed by atoms with Crippen molar-refractivity contribution in [3.05, 3.63) is 48.5 Å². The van der Waals surface area contributed by atoms with Gasteiger partial charge in [0, 0.05) is 37.8 Å². The van der Waals surface area contributed by atoms with E-state index in [4.69, 9.17) is 14.6 Å². The van der Waals surface area contributed by atoms with E-state index in [0.717, 1.165) is 12.8 Å². The molecule has 1 amide bonds. The summed E-state index contributed by atoms with van der Waals surface area (Å²) in [6, 6.07) is 5.54. The number of nitrogens with zero attached hydrogens (tertiary/aromatic N) is 4. The number of carbonyl (C=O) groups is 2. The number of pyridine rings is 1. The zero-order valence-corrected chi connectivity index (χ0v) is 16.2. The first-order valence-corrected chi connectivity index (χ1v) is 9.35. The molecule has 4 heterocycles. The molecule has 2 N–H and O–H groups in total. The average molecular weight is 439 g/mol. The smallest absolute Gasteiger partial charge is 0.475 e. The zero-order valence-electron chi connectivity index (χ0n) is 16.2. The molecular weight excluding hydrogens is 419 g/mol. The fraction of sp³-hybridized carbons (Fsp3) is 0.421. The van der Waals surface area contributed by atoms with Gasteiger partial charge in [-0.15, -0.1) is 0 Å². The van der Waals surface area contributed by atoms with Crippen LogP contribution in [0.3, 0.4) is 0 Å². The van der Waals surface area contributed by atoms with Crippen molar-refractivity contribution in [3.8, 4) is 0 Å². The van der Waals surface area contributed by atoms with Crippen LogP contribution in [0.15, 0.2) is 43.0 Å². The normalized spacial score (nSPS) is 22.7.